The first kappa shape index (κ1) is 25.9. The molecular weight excluding hydrogens is 524 g/mol. The van der Waals surface area contributed by atoms with Crippen molar-refractivity contribution >= 4 is 29.2 Å². The Bertz CT molecular complexity index is 1300. The third kappa shape index (κ3) is 4.20. The number of carbonyl (C=O) groups excluding carboxylic acids is 1. The molecule has 4 N–H and O–H groups in total. The Morgan fingerprint density at radius 1 is 1.11 bits per heavy atom. The number of hydrogen-bond donors (Lipinski definition) is 4. The van der Waals surface area contributed by atoms with Crippen LogP contribution in [0.15, 0.2) is 71.7 Å². The highest BCUT2D eigenvalue weighted by molar-refractivity contribution is 6.43. The summed E-state index contributed by atoms with van der Waals surface area (Å²) in [5, 5.41) is 26.6. The van der Waals surface area contributed by atoms with Gasteiger partial charge in [0.2, 0.25) is 11.3 Å². The number of rotatable bonds is 6. The average molecular weight is 543 g/mol. The van der Waals surface area contributed by atoms with Gasteiger partial charge in [-0.2, -0.15) is 13.2 Å². The van der Waals surface area contributed by atoms with Crippen LogP contribution in [0, 0.1) is 0 Å². The lowest BCUT2D eigenvalue weighted by atomic mass is 9.75. The van der Waals surface area contributed by atoms with E-state index in [0.29, 0.717) is 0 Å². The SMILES string of the molecule is C=CCOc1ccc([C@]2(O)NC(=O)N[C@@H](c3ccc(-c4cccc(Cl)c4Cl)o3)[C@]2(O)C(F)(F)F)cc1. The fourth-order valence-electron chi connectivity index (χ4n) is 3.97. The number of carbonyl (C=O) groups is 1. The fraction of sp³-hybridized carbons (Fsp3) is 0.208. The van der Waals surface area contributed by atoms with Crippen LogP contribution in [0.1, 0.15) is 17.4 Å². The molecule has 0 aliphatic carbocycles. The maximum Gasteiger partial charge on any atom is 0.424 e. The lowest BCUT2D eigenvalue weighted by Gasteiger charge is -2.51. The van der Waals surface area contributed by atoms with Crippen LogP contribution in [0.5, 0.6) is 5.75 Å². The molecule has 190 valence electrons. The highest BCUT2D eigenvalue weighted by Gasteiger charge is 2.74. The second-order valence-electron chi connectivity index (χ2n) is 7.93. The van der Waals surface area contributed by atoms with E-state index in [1.165, 1.54) is 36.4 Å². The molecule has 1 aliphatic heterocycles. The lowest BCUT2D eigenvalue weighted by molar-refractivity contribution is -0.344. The molecule has 0 radical (unpaired) electrons. The summed E-state index contributed by atoms with van der Waals surface area (Å²) in [6.07, 6.45) is -4.00. The molecule has 0 unspecified atom stereocenters. The van der Waals surface area contributed by atoms with Gasteiger partial charge < -0.3 is 30.0 Å². The zero-order valence-electron chi connectivity index (χ0n) is 18.3. The molecule has 4 rings (SSSR count). The number of alkyl halides is 3. The number of nitrogens with one attached hydrogen (secondary N) is 2. The molecule has 3 atom stereocenters. The van der Waals surface area contributed by atoms with Crippen LogP contribution in [0.2, 0.25) is 10.0 Å². The Morgan fingerprint density at radius 3 is 2.44 bits per heavy atom. The second kappa shape index (κ2) is 9.36. The topological polar surface area (TPSA) is 104 Å². The molecule has 2 aromatic carbocycles. The van der Waals surface area contributed by atoms with Crippen molar-refractivity contribution < 1.29 is 37.3 Å². The van der Waals surface area contributed by atoms with E-state index < -0.39 is 40.9 Å². The Kier molecular flexibility index (Phi) is 6.74. The van der Waals surface area contributed by atoms with Gasteiger partial charge in [-0.15, -0.1) is 0 Å². The predicted octanol–water partition coefficient (Wildman–Crippen LogP) is 5.31. The van der Waals surface area contributed by atoms with Gasteiger partial charge in [0.05, 0.1) is 10.0 Å². The summed E-state index contributed by atoms with van der Waals surface area (Å²) >= 11 is 12.2. The van der Waals surface area contributed by atoms with Crippen LogP contribution >= 0.6 is 23.2 Å². The minimum Gasteiger partial charge on any atom is -0.490 e. The normalized spacial score (nSPS) is 24.1. The summed E-state index contributed by atoms with van der Waals surface area (Å²) in [4.78, 5) is 12.5. The van der Waals surface area contributed by atoms with Crippen molar-refractivity contribution in [2.75, 3.05) is 6.61 Å². The highest BCUT2D eigenvalue weighted by Crippen LogP contribution is 2.52. The first-order valence-corrected chi connectivity index (χ1v) is 11.2. The summed E-state index contributed by atoms with van der Waals surface area (Å²) in [6.45, 7) is 3.63. The molecule has 2 heterocycles. The molecule has 7 nitrogen and oxygen atoms in total. The summed E-state index contributed by atoms with van der Waals surface area (Å²) in [5.41, 5.74) is -7.46. The molecule has 0 spiro atoms. The molecule has 0 saturated carbocycles. The third-order valence-corrected chi connectivity index (χ3v) is 6.56. The van der Waals surface area contributed by atoms with Crippen LogP contribution < -0.4 is 15.4 Å². The van der Waals surface area contributed by atoms with Gasteiger partial charge in [-0.05, 0) is 36.4 Å². The smallest absolute Gasteiger partial charge is 0.424 e. The van der Waals surface area contributed by atoms with E-state index >= 15 is 0 Å². The lowest BCUT2D eigenvalue weighted by Crippen LogP contribution is -2.77. The number of hydrogen-bond acceptors (Lipinski definition) is 5. The average Bonchev–Trinajstić information content (AvgIpc) is 3.31. The minimum absolute atomic E-state index is 0.0297. The number of ether oxygens (including phenoxy) is 1. The third-order valence-electron chi connectivity index (χ3n) is 5.74. The molecule has 1 saturated heterocycles. The van der Waals surface area contributed by atoms with Crippen molar-refractivity contribution in [3.05, 3.63) is 88.6 Å². The maximum atomic E-state index is 14.5. The fourth-order valence-corrected chi connectivity index (χ4v) is 4.37. The van der Waals surface area contributed by atoms with Crippen molar-refractivity contribution in [3.8, 4) is 17.1 Å². The van der Waals surface area contributed by atoms with Gasteiger partial charge in [0.15, 0.2) is 0 Å². The van der Waals surface area contributed by atoms with Gasteiger partial charge in [-0.3, -0.25) is 0 Å². The van der Waals surface area contributed by atoms with E-state index in [1.807, 2.05) is 10.6 Å². The summed E-state index contributed by atoms with van der Waals surface area (Å²) in [5.74, 6) is -0.189. The number of amides is 2. The number of urea groups is 1. The van der Waals surface area contributed by atoms with Gasteiger partial charge in [0, 0.05) is 11.1 Å². The van der Waals surface area contributed by atoms with E-state index in [1.54, 1.807) is 6.07 Å². The molecule has 36 heavy (non-hydrogen) atoms. The highest BCUT2D eigenvalue weighted by atomic mass is 35.5. The first-order valence-electron chi connectivity index (χ1n) is 10.4. The van der Waals surface area contributed by atoms with E-state index in [9.17, 15) is 28.2 Å². The maximum absolute atomic E-state index is 14.5. The molecular formula is C24H19Cl2F3N2O5. The summed E-state index contributed by atoms with van der Waals surface area (Å²) < 4.78 is 54.5. The Labute approximate surface area is 213 Å². The second-order valence-corrected chi connectivity index (χ2v) is 8.72. The van der Waals surface area contributed by atoms with Gasteiger partial charge in [-0.25, -0.2) is 4.79 Å². The van der Waals surface area contributed by atoms with E-state index in [4.69, 9.17) is 32.4 Å². The monoisotopic (exact) mass is 542 g/mol. The summed E-state index contributed by atoms with van der Waals surface area (Å²) in [7, 11) is 0. The number of aliphatic hydroxyl groups is 2. The van der Waals surface area contributed by atoms with Crippen LogP contribution in [-0.4, -0.2) is 34.6 Å². The molecule has 1 aromatic heterocycles. The summed E-state index contributed by atoms with van der Waals surface area (Å²) in [6, 6.07) is 8.36. The molecule has 0 bridgehead atoms. The van der Waals surface area contributed by atoms with E-state index in [-0.39, 0.29) is 33.7 Å². The zero-order chi connectivity index (χ0) is 26.3. The van der Waals surface area contributed by atoms with Crippen molar-refractivity contribution in [1.29, 1.82) is 0 Å². The van der Waals surface area contributed by atoms with Crippen LogP contribution in [0.3, 0.4) is 0 Å². The molecule has 1 aliphatic rings. The van der Waals surface area contributed by atoms with Gasteiger partial charge in [0.1, 0.15) is 29.9 Å². The van der Waals surface area contributed by atoms with E-state index in [0.717, 1.165) is 18.2 Å². The molecule has 2 amide bonds. The van der Waals surface area contributed by atoms with Crippen LogP contribution in [-0.2, 0) is 5.72 Å². The first-order chi connectivity index (χ1) is 16.9. The van der Waals surface area contributed by atoms with Crippen molar-refractivity contribution in [3.63, 3.8) is 0 Å². The Morgan fingerprint density at radius 2 is 1.81 bits per heavy atom. The molecule has 12 heteroatoms. The zero-order valence-corrected chi connectivity index (χ0v) is 19.8. The van der Waals surface area contributed by atoms with E-state index in [2.05, 4.69) is 6.58 Å². The van der Waals surface area contributed by atoms with Crippen molar-refractivity contribution in [2.24, 2.45) is 0 Å². The van der Waals surface area contributed by atoms with Gasteiger partial charge in [-0.1, -0.05) is 54.1 Å². The molecule has 3 aromatic rings. The van der Waals surface area contributed by atoms with Crippen molar-refractivity contribution in [2.45, 2.75) is 23.5 Å². The standard InChI is InChI=1S/C24H19Cl2F3N2O5/c1-2-12-35-14-8-6-13(7-9-14)23(34)22(33,24(27,28)29)20(30-21(32)31-23)18-11-10-17(36-18)15-4-3-5-16(25)19(15)26/h2-11,20,33-34H,1,12H2,(H2,30,31,32)/t20-,22+,23+/m0/s1. The Hall–Kier alpha value is -3.18. The molecule has 1 fully saturated rings. The minimum atomic E-state index is -5.47. The number of halogens is 5. The number of benzene rings is 2. The van der Waals surface area contributed by atoms with Crippen molar-refractivity contribution in [1.82, 2.24) is 10.6 Å². The predicted molar refractivity (Wildman–Crippen MR) is 126 cm³/mol. The van der Waals surface area contributed by atoms with Crippen LogP contribution in [0.4, 0.5) is 18.0 Å². The van der Waals surface area contributed by atoms with Crippen LogP contribution in [0.25, 0.3) is 11.3 Å². The van der Waals surface area contributed by atoms with Gasteiger partial charge in [0.25, 0.3) is 0 Å². The van der Waals surface area contributed by atoms with Gasteiger partial charge >= 0.3 is 12.2 Å². The number of furan rings is 1. The Balaban J connectivity index is 1.81. The quantitative estimate of drug-likeness (QED) is 0.316. The largest absolute Gasteiger partial charge is 0.490 e.